The monoisotopic (exact) mass is 361 g/mol. The molecule has 1 aliphatic heterocycles. The van der Waals surface area contributed by atoms with Crippen LogP contribution in [0.15, 0.2) is 24.5 Å². The highest BCUT2D eigenvalue weighted by Crippen LogP contribution is 2.35. The van der Waals surface area contributed by atoms with Crippen LogP contribution in [-0.2, 0) is 6.42 Å². The first-order valence-electron chi connectivity index (χ1n) is 9.29. The van der Waals surface area contributed by atoms with E-state index in [1.807, 2.05) is 6.07 Å². The van der Waals surface area contributed by atoms with Gasteiger partial charge in [0.1, 0.15) is 5.60 Å². The zero-order valence-electron chi connectivity index (χ0n) is 14.9. The molecular formula is C20H21N6O+. The Morgan fingerprint density at radius 1 is 1.30 bits per heavy atom. The van der Waals surface area contributed by atoms with Crippen LogP contribution in [0, 0.1) is 11.8 Å². The molecule has 0 unspecified atom stereocenters. The predicted octanol–water partition coefficient (Wildman–Crippen LogP) is 1.71. The molecule has 0 bridgehead atoms. The summed E-state index contributed by atoms with van der Waals surface area (Å²) in [6.45, 7) is 0.838. The normalized spacial score (nSPS) is 17.7. The fourth-order valence-electron chi connectivity index (χ4n) is 4.04. The minimum Gasteiger partial charge on any atom is -0.378 e. The van der Waals surface area contributed by atoms with E-state index in [4.69, 9.17) is 5.73 Å². The SMILES string of the molecule is Nc1nc2nc[nH]c2c(N2CCc3ccc(C#CC4(O)CCCC4)cc32)[nH+]1. The number of hydrogen-bond donors (Lipinski definition) is 3. The van der Waals surface area contributed by atoms with Crippen molar-refractivity contribution in [1.29, 1.82) is 0 Å². The Hall–Kier alpha value is -3.11. The van der Waals surface area contributed by atoms with E-state index in [0.717, 1.165) is 61.2 Å². The van der Waals surface area contributed by atoms with Crippen LogP contribution in [-0.4, -0.2) is 32.2 Å². The van der Waals surface area contributed by atoms with Gasteiger partial charge in [0.15, 0.2) is 5.52 Å². The first-order chi connectivity index (χ1) is 13.1. The minimum absolute atomic E-state index is 0.331. The number of aliphatic hydroxyl groups is 1. The standard InChI is InChI=1S/C20H20N6O/c21-19-24-17-16(22-12-23-17)18(25-19)26-10-6-14-4-3-13(11-15(14)26)5-9-20(27)7-1-2-8-20/h3-4,11-12,27H,1-2,6-8,10H2,(H3,21,22,23,24,25)/p+1. The third-order valence-corrected chi connectivity index (χ3v) is 5.45. The van der Waals surface area contributed by atoms with Crippen molar-refractivity contribution < 1.29 is 10.1 Å². The first-order valence-corrected chi connectivity index (χ1v) is 9.29. The van der Waals surface area contributed by atoms with E-state index >= 15 is 0 Å². The largest absolute Gasteiger partial charge is 0.378 e. The molecule has 7 heteroatoms. The maximum absolute atomic E-state index is 10.5. The van der Waals surface area contributed by atoms with Gasteiger partial charge in [-0.15, -0.1) is 0 Å². The molecule has 27 heavy (non-hydrogen) atoms. The van der Waals surface area contributed by atoms with Gasteiger partial charge in [0.2, 0.25) is 11.5 Å². The minimum atomic E-state index is -0.825. The molecule has 7 nitrogen and oxygen atoms in total. The van der Waals surface area contributed by atoms with Crippen LogP contribution >= 0.6 is 0 Å². The topological polar surface area (TPSA) is 105 Å². The van der Waals surface area contributed by atoms with E-state index in [1.54, 1.807) is 6.33 Å². The molecule has 2 aromatic heterocycles. The van der Waals surface area contributed by atoms with Gasteiger partial charge in [0.05, 0.1) is 18.6 Å². The van der Waals surface area contributed by atoms with Crippen molar-refractivity contribution in [2.24, 2.45) is 0 Å². The van der Waals surface area contributed by atoms with Gasteiger partial charge in [0.25, 0.3) is 0 Å². The number of H-pyrrole nitrogens is 2. The molecule has 136 valence electrons. The Balaban J connectivity index is 1.55. The van der Waals surface area contributed by atoms with E-state index in [-0.39, 0.29) is 0 Å². The second-order valence-corrected chi connectivity index (χ2v) is 7.31. The summed E-state index contributed by atoms with van der Waals surface area (Å²) in [5.74, 6) is 7.45. The molecule has 0 spiro atoms. The van der Waals surface area contributed by atoms with Gasteiger partial charge in [-0.1, -0.05) is 22.9 Å². The van der Waals surface area contributed by atoms with Crippen LogP contribution in [0.3, 0.4) is 0 Å². The number of aromatic nitrogens is 4. The quantitative estimate of drug-likeness (QED) is 0.572. The van der Waals surface area contributed by atoms with Crippen LogP contribution in [0.4, 0.5) is 17.5 Å². The van der Waals surface area contributed by atoms with Crippen molar-refractivity contribution in [2.75, 3.05) is 17.2 Å². The fourth-order valence-corrected chi connectivity index (χ4v) is 4.04. The summed E-state index contributed by atoms with van der Waals surface area (Å²) >= 11 is 0. The van der Waals surface area contributed by atoms with Crippen molar-refractivity contribution in [3.8, 4) is 11.8 Å². The zero-order chi connectivity index (χ0) is 18.4. The summed E-state index contributed by atoms with van der Waals surface area (Å²) in [6, 6.07) is 6.23. The number of fused-ring (bicyclic) bond motifs is 2. The van der Waals surface area contributed by atoms with Crippen molar-refractivity contribution in [3.63, 3.8) is 0 Å². The molecule has 2 aliphatic rings. The van der Waals surface area contributed by atoms with Crippen molar-refractivity contribution in [3.05, 3.63) is 35.7 Å². The molecule has 0 amide bonds. The molecule has 3 aromatic rings. The number of nitrogens with two attached hydrogens (primary N) is 1. The first kappa shape index (κ1) is 16.1. The van der Waals surface area contributed by atoms with Crippen molar-refractivity contribution in [2.45, 2.75) is 37.7 Å². The molecule has 3 heterocycles. The molecule has 5 rings (SSSR count). The number of hydrogen-bond acceptors (Lipinski definition) is 5. The second kappa shape index (κ2) is 5.96. The maximum atomic E-state index is 10.5. The van der Waals surface area contributed by atoms with E-state index in [9.17, 15) is 5.11 Å². The van der Waals surface area contributed by atoms with Gasteiger partial charge in [-0.3, -0.25) is 4.90 Å². The van der Waals surface area contributed by atoms with Gasteiger partial charge in [-0.25, -0.2) is 9.97 Å². The van der Waals surface area contributed by atoms with Crippen LogP contribution in [0.2, 0.25) is 0 Å². The molecule has 5 N–H and O–H groups in total. The Labute approximate surface area is 156 Å². The maximum Gasteiger partial charge on any atom is 0.344 e. The van der Waals surface area contributed by atoms with Crippen LogP contribution < -0.4 is 15.6 Å². The van der Waals surface area contributed by atoms with E-state index < -0.39 is 5.60 Å². The van der Waals surface area contributed by atoms with E-state index in [2.05, 4.69) is 48.8 Å². The van der Waals surface area contributed by atoms with Gasteiger partial charge < -0.3 is 15.8 Å². The lowest BCUT2D eigenvalue weighted by molar-refractivity contribution is -0.347. The van der Waals surface area contributed by atoms with Crippen LogP contribution in [0.25, 0.3) is 11.2 Å². The third kappa shape index (κ3) is 2.78. The lowest BCUT2D eigenvalue weighted by Crippen LogP contribution is -2.26. The number of benzene rings is 1. The average molecular weight is 361 g/mol. The molecule has 1 fully saturated rings. The molecule has 0 saturated heterocycles. The summed E-state index contributed by atoms with van der Waals surface area (Å²) < 4.78 is 0. The number of nitrogens with zero attached hydrogens (tertiary/aromatic N) is 3. The molecule has 1 aliphatic carbocycles. The summed E-state index contributed by atoms with van der Waals surface area (Å²) in [5.41, 5.74) is 9.79. The number of aromatic amines is 2. The fraction of sp³-hybridized carbons (Fsp3) is 0.350. The summed E-state index contributed by atoms with van der Waals surface area (Å²) in [7, 11) is 0. The predicted molar refractivity (Wildman–Crippen MR) is 102 cm³/mol. The number of nitrogen functional groups attached to an aromatic ring is 1. The zero-order valence-corrected chi connectivity index (χ0v) is 14.9. The van der Waals surface area contributed by atoms with E-state index in [1.165, 1.54) is 5.56 Å². The van der Waals surface area contributed by atoms with Gasteiger partial charge >= 0.3 is 5.95 Å². The Morgan fingerprint density at radius 3 is 3.00 bits per heavy atom. The third-order valence-electron chi connectivity index (χ3n) is 5.45. The van der Waals surface area contributed by atoms with Crippen LogP contribution in [0.1, 0.15) is 36.8 Å². The van der Waals surface area contributed by atoms with Crippen molar-refractivity contribution in [1.82, 2.24) is 15.0 Å². The Bertz CT molecular complexity index is 1090. The van der Waals surface area contributed by atoms with E-state index in [0.29, 0.717) is 11.6 Å². The number of anilines is 3. The summed E-state index contributed by atoms with van der Waals surface area (Å²) in [5, 5.41) is 10.5. The number of rotatable bonds is 1. The smallest absolute Gasteiger partial charge is 0.344 e. The number of imidazole rings is 1. The molecular weight excluding hydrogens is 340 g/mol. The summed E-state index contributed by atoms with van der Waals surface area (Å²) in [4.78, 5) is 16.9. The van der Waals surface area contributed by atoms with Gasteiger partial charge in [-0.05, 0) is 43.4 Å². The molecule has 0 radical (unpaired) electrons. The Morgan fingerprint density at radius 2 is 2.15 bits per heavy atom. The second-order valence-electron chi connectivity index (χ2n) is 7.31. The highest BCUT2D eigenvalue weighted by molar-refractivity contribution is 5.86. The lowest BCUT2D eigenvalue weighted by atomic mass is 10.0. The highest BCUT2D eigenvalue weighted by atomic mass is 16.3. The van der Waals surface area contributed by atoms with Gasteiger partial charge in [-0.2, -0.15) is 0 Å². The Kier molecular flexibility index (Phi) is 3.55. The highest BCUT2D eigenvalue weighted by Gasteiger charge is 2.30. The molecule has 1 saturated carbocycles. The average Bonchev–Trinajstić information content (AvgIpc) is 3.38. The lowest BCUT2D eigenvalue weighted by Gasteiger charge is -2.15. The van der Waals surface area contributed by atoms with Crippen LogP contribution in [0.5, 0.6) is 0 Å². The molecule has 1 aromatic carbocycles. The molecule has 0 atom stereocenters. The summed E-state index contributed by atoms with van der Waals surface area (Å²) in [6.07, 6.45) is 6.18. The van der Waals surface area contributed by atoms with Gasteiger partial charge in [0, 0.05) is 12.0 Å². The number of nitrogens with one attached hydrogen (secondary N) is 2. The van der Waals surface area contributed by atoms with Crippen molar-refractivity contribution >= 4 is 28.6 Å².